The lowest BCUT2D eigenvalue weighted by molar-refractivity contribution is 0.0989. The summed E-state index contributed by atoms with van der Waals surface area (Å²) in [4.78, 5) is 12.3. The molecule has 0 aliphatic heterocycles. The first-order valence-electron chi connectivity index (χ1n) is 7.17. The first-order chi connectivity index (χ1) is 8.79. The lowest BCUT2D eigenvalue weighted by atomic mass is 9.83. The molecule has 2 nitrogen and oxygen atoms in total. The van der Waals surface area contributed by atoms with Crippen LogP contribution in [0, 0.1) is 13.8 Å². The Balaban J connectivity index is 2.22. The number of carbonyl (C=O) groups is 1. The van der Waals surface area contributed by atoms with Gasteiger partial charge in [0.25, 0.3) is 0 Å². The summed E-state index contributed by atoms with van der Waals surface area (Å²) < 4.78 is 0. The Bertz CT molecular complexity index is 469. The van der Waals surface area contributed by atoms with Gasteiger partial charge >= 0.3 is 0 Å². The van der Waals surface area contributed by atoms with Gasteiger partial charge in [-0.05, 0) is 48.8 Å². The predicted molar refractivity (Wildman–Crippen MR) is 80.0 cm³/mol. The van der Waals surface area contributed by atoms with Crippen LogP contribution in [0.2, 0.25) is 0 Å². The summed E-state index contributed by atoms with van der Waals surface area (Å²) in [5, 5.41) is 3.30. The van der Waals surface area contributed by atoms with Crippen LogP contribution in [0.5, 0.6) is 0 Å². The van der Waals surface area contributed by atoms with Crippen LogP contribution in [0.3, 0.4) is 0 Å². The highest BCUT2D eigenvalue weighted by molar-refractivity contribution is 6.00. The van der Waals surface area contributed by atoms with Crippen LogP contribution in [0.4, 0.5) is 0 Å². The minimum Gasteiger partial charge on any atom is -0.307 e. The van der Waals surface area contributed by atoms with Gasteiger partial charge < -0.3 is 5.32 Å². The maximum absolute atomic E-state index is 12.3. The molecule has 1 N–H and O–H groups in total. The average molecular weight is 259 g/mol. The number of Topliss-reactive ketones (excluding diaryl/α,β-unsaturated/α-hetero) is 1. The molecule has 0 heterocycles. The zero-order valence-electron chi connectivity index (χ0n) is 12.8. The van der Waals surface area contributed by atoms with Crippen LogP contribution in [-0.4, -0.2) is 18.4 Å². The second-order valence-electron chi connectivity index (χ2n) is 6.81. The number of hydrogen-bond acceptors (Lipinski definition) is 2. The highest BCUT2D eigenvalue weighted by Gasteiger charge is 2.23. The Kier molecular flexibility index (Phi) is 3.82. The Morgan fingerprint density at radius 2 is 1.74 bits per heavy atom. The van der Waals surface area contributed by atoms with Crippen LogP contribution in [0.15, 0.2) is 12.1 Å². The molecular formula is C17H25NO. The van der Waals surface area contributed by atoms with E-state index in [4.69, 9.17) is 0 Å². The molecule has 19 heavy (non-hydrogen) atoms. The van der Waals surface area contributed by atoms with E-state index in [1.807, 2.05) is 13.8 Å². The van der Waals surface area contributed by atoms with Crippen molar-refractivity contribution in [2.45, 2.75) is 58.9 Å². The highest BCUT2D eigenvalue weighted by atomic mass is 16.1. The number of rotatable bonds is 4. The van der Waals surface area contributed by atoms with E-state index in [0.717, 1.165) is 16.7 Å². The van der Waals surface area contributed by atoms with Crippen LogP contribution in [0.25, 0.3) is 0 Å². The predicted octanol–water partition coefficient (Wildman–Crippen LogP) is 3.54. The van der Waals surface area contributed by atoms with Gasteiger partial charge in [0, 0.05) is 11.6 Å². The summed E-state index contributed by atoms with van der Waals surface area (Å²) in [7, 11) is 0. The van der Waals surface area contributed by atoms with Crippen LogP contribution < -0.4 is 5.32 Å². The lowest BCUT2D eigenvalue weighted by Gasteiger charge is -2.22. The Morgan fingerprint density at radius 1 is 1.21 bits per heavy atom. The number of carbonyl (C=O) groups excluding carboxylic acids is 1. The third kappa shape index (κ3) is 3.44. The fourth-order valence-electron chi connectivity index (χ4n) is 2.45. The van der Waals surface area contributed by atoms with Gasteiger partial charge in [-0.25, -0.2) is 0 Å². The van der Waals surface area contributed by atoms with E-state index in [1.165, 1.54) is 18.4 Å². The third-order valence-corrected chi connectivity index (χ3v) is 3.81. The molecule has 0 aromatic heterocycles. The Labute approximate surface area is 116 Å². The van der Waals surface area contributed by atoms with E-state index >= 15 is 0 Å². The lowest BCUT2D eigenvalue weighted by Crippen LogP contribution is -2.26. The van der Waals surface area contributed by atoms with Crippen LogP contribution in [-0.2, 0) is 5.41 Å². The van der Waals surface area contributed by atoms with Gasteiger partial charge in [0.15, 0.2) is 5.78 Å². The van der Waals surface area contributed by atoms with Crippen LogP contribution in [0.1, 0.15) is 60.7 Å². The van der Waals surface area contributed by atoms with Gasteiger partial charge in [-0.3, -0.25) is 4.79 Å². The molecule has 1 aromatic rings. The van der Waals surface area contributed by atoms with E-state index in [9.17, 15) is 4.79 Å². The van der Waals surface area contributed by atoms with Gasteiger partial charge in [-0.15, -0.1) is 0 Å². The zero-order chi connectivity index (χ0) is 14.2. The summed E-state index contributed by atoms with van der Waals surface area (Å²) >= 11 is 0. The first-order valence-corrected chi connectivity index (χ1v) is 7.17. The molecule has 1 aromatic carbocycles. The number of aryl methyl sites for hydroxylation is 2. The fraction of sp³-hybridized carbons (Fsp3) is 0.588. The molecule has 0 radical (unpaired) electrons. The molecule has 1 aliphatic rings. The first kappa shape index (κ1) is 14.3. The van der Waals surface area contributed by atoms with Crippen LogP contribution >= 0.6 is 0 Å². The molecule has 1 saturated carbocycles. The largest absolute Gasteiger partial charge is 0.307 e. The number of hydrogen-bond donors (Lipinski definition) is 1. The molecule has 2 rings (SSSR count). The summed E-state index contributed by atoms with van der Waals surface area (Å²) in [5.41, 5.74) is 4.54. The molecular weight excluding hydrogens is 234 g/mol. The quantitative estimate of drug-likeness (QED) is 0.838. The second-order valence-corrected chi connectivity index (χ2v) is 6.81. The van der Waals surface area contributed by atoms with Crippen molar-refractivity contribution in [2.75, 3.05) is 6.54 Å². The highest BCUT2D eigenvalue weighted by Crippen LogP contribution is 2.27. The van der Waals surface area contributed by atoms with Gasteiger partial charge in [-0.2, -0.15) is 0 Å². The van der Waals surface area contributed by atoms with Gasteiger partial charge in [0.05, 0.1) is 6.54 Å². The minimum atomic E-state index is 0.128. The van der Waals surface area contributed by atoms with E-state index < -0.39 is 0 Å². The average Bonchev–Trinajstić information content (AvgIpc) is 3.07. The molecule has 2 heteroatoms. The number of benzene rings is 1. The molecule has 0 atom stereocenters. The van der Waals surface area contributed by atoms with Crippen molar-refractivity contribution >= 4 is 5.78 Å². The van der Waals surface area contributed by atoms with Crippen molar-refractivity contribution in [3.8, 4) is 0 Å². The summed E-state index contributed by atoms with van der Waals surface area (Å²) in [6, 6.07) is 4.91. The summed E-state index contributed by atoms with van der Waals surface area (Å²) in [6.45, 7) is 11.2. The van der Waals surface area contributed by atoms with E-state index in [2.05, 4.69) is 38.2 Å². The topological polar surface area (TPSA) is 29.1 Å². The van der Waals surface area contributed by atoms with Crippen molar-refractivity contribution < 1.29 is 4.79 Å². The Hall–Kier alpha value is -1.15. The smallest absolute Gasteiger partial charge is 0.177 e. The summed E-state index contributed by atoms with van der Waals surface area (Å²) in [6.07, 6.45) is 2.43. The molecule has 0 saturated heterocycles. The van der Waals surface area contributed by atoms with Crippen molar-refractivity contribution in [2.24, 2.45) is 0 Å². The molecule has 0 bridgehead atoms. The van der Waals surface area contributed by atoms with E-state index in [-0.39, 0.29) is 11.2 Å². The molecule has 1 fully saturated rings. The van der Waals surface area contributed by atoms with E-state index in [0.29, 0.717) is 12.6 Å². The van der Waals surface area contributed by atoms with E-state index in [1.54, 1.807) is 0 Å². The maximum Gasteiger partial charge on any atom is 0.177 e. The minimum absolute atomic E-state index is 0.128. The van der Waals surface area contributed by atoms with Crippen molar-refractivity contribution in [1.82, 2.24) is 5.32 Å². The zero-order valence-corrected chi connectivity index (χ0v) is 12.8. The van der Waals surface area contributed by atoms with Crippen molar-refractivity contribution in [3.05, 3.63) is 34.4 Å². The summed E-state index contributed by atoms with van der Waals surface area (Å²) in [5.74, 6) is 0.224. The van der Waals surface area contributed by atoms with Gasteiger partial charge in [-0.1, -0.05) is 32.9 Å². The molecule has 0 unspecified atom stereocenters. The standard InChI is InChI=1S/C17H25NO/c1-11-8-13(17(3,4)5)9-12(2)16(11)15(19)10-18-14-6-7-14/h8-9,14,18H,6-7,10H2,1-5H3. The molecule has 0 amide bonds. The molecule has 104 valence electrons. The number of nitrogens with one attached hydrogen (secondary N) is 1. The SMILES string of the molecule is Cc1cc(C(C)(C)C)cc(C)c1C(=O)CNC1CC1. The van der Waals surface area contributed by atoms with Gasteiger partial charge in [0.2, 0.25) is 0 Å². The Morgan fingerprint density at radius 3 is 2.16 bits per heavy atom. The monoisotopic (exact) mass is 259 g/mol. The van der Waals surface area contributed by atoms with Crippen molar-refractivity contribution in [3.63, 3.8) is 0 Å². The molecule has 0 spiro atoms. The van der Waals surface area contributed by atoms with Gasteiger partial charge in [0.1, 0.15) is 0 Å². The normalized spacial score (nSPS) is 15.6. The second kappa shape index (κ2) is 5.09. The molecule has 1 aliphatic carbocycles. The number of ketones is 1. The fourth-order valence-corrected chi connectivity index (χ4v) is 2.45. The third-order valence-electron chi connectivity index (χ3n) is 3.81. The maximum atomic E-state index is 12.3. The van der Waals surface area contributed by atoms with Crippen molar-refractivity contribution in [1.29, 1.82) is 0 Å².